The highest BCUT2D eigenvalue weighted by Crippen LogP contribution is 2.21. The third kappa shape index (κ3) is 2.38. The fraction of sp³-hybridized carbons (Fsp3) is 0.583. The Labute approximate surface area is 101 Å². The lowest BCUT2D eigenvalue weighted by molar-refractivity contribution is 0.0727. The van der Waals surface area contributed by atoms with Gasteiger partial charge in [-0.2, -0.15) is 0 Å². The van der Waals surface area contributed by atoms with E-state index in [0.29, 0.717) is 17.6 Å². The van der Waals surface area contributed by atoms with Crippen molar-refractivity contribution in [1.29, 1.82) is 0 Å². The molecule has 0 spiro atoms. The molecule has 1 aromatic heterocycles. The number of hydrogen-bond donors (Lipinski definition) is 1. The molecule has 1 atom stereocenters. The number of likely N-dealkylation sites (tertiary alicyclic amines) is 1. The molecule has 1 aliphatic rings. The van der Waals surface area contributed by atoms with Gasteiger partial charge in [-0.05, 0) is 19.3 Å². The fourth-order valence-corrected chi connectivity index (χ4v) is 2.24. The van der Waals surface area contributed by atoms with Crippen molar-refractivity contribution >= 4 is 11.7 Å². The summed E-state index contributed by atoms with van der Waals surface area (Å²) in [5.74, 6) is 0.680. The molecule has 5 heteroatoms. The topological polar surface area (TPSA) is 58.1 Å². The highest BCUT2D eigenvalue weighted by atomic mass is 16.2. The summed E-state index contributed by atoms with van der Waals surface area (Å²) in [5.41, 5.74) is 0.435. The van der Waals surface area contributed by atoms with E-state index in [1.54, 1.807) is 19.4 Å². The first-order valence-corrected chi connectivity index (χ1v) is 6.07. The van der Waals surface area contributed by atoms with Crippen LogP contribution in [0.3, 0.4) is 0 Å². The van der Waals surface area contributed by atoms with Crippen LogP contribution < -0.4 is 5.32 Å². The second-order valence-electron chi connectivity index (χ2n) is 4.24. The summed E-state index contributed by atoms with van der Waals surface area (Å²) >= 11 is 0. The first kappa shape index (κ1) is 11.8. The van der Waals surface area contributed by atoms with E-state index in [-0.39, 0.29) is 5.91 Å². The summed E-state index contributed by atoms with van der Waals surface area (Å²) in [4.78, 5) is 22.4. The molecule has 17 heavy (non-hydrogen) atoms. The Morgan fingerprint density at radius 1 is 1.53 bits per heavy atom. The summed E-state index contributed by atoms with van der Waals surface area (Å²) in [7, 11) is 1.78. The maximum atomic E-state index is 12.2. The van der Waals surface area contributed by atoms with Crippen LogP contribution in [-0.2, 0) is 0 Å². The molecule has 1 N–H and O–H groups in total. The maximum absolute atomic E-state index is 12.2. The number of aromatic nitrogens is 2. The van der Waals surface area contributed by atoms with Crippen molar-refractivity contribution < 1.29 is 4.79 Å². The highest BCUT2D eigenvalue weighted by Gasteiger charge is 2.28. The Morgan fingerprint density at radius 3 is 2.94 bits per heavy atom. The van der Waals surface area contributed by atoms with Crippen molar-refractivity contribution in [3.8, 4) is 0 Å². The van der Waals surface area contributed by atoms with Gasteiger partial charge in [0.05, 0.1) is 12.4 Å². The predicted octanol–water partition coefficient (Wildman–Crippen LogP) is 1.53. The molecule has 1 amide bonds. The van der Waals surface area contributed by atoms with Crippen LogP contribution >= 0.6 is 0 Å². The van der Waals surface area contributed by atoms with Crippen LogP contribution in [0.4, 0.5) is 5.82 Å². The van der Waals surface area contributed by atoms with Crippen LogP contribution in [0.5, 0.6) is 0 Å². The summed E-state index contributed by atoms with van der Waals surface area (Å²) in [6, 6.07) is 0.369. The van der Waals surface area contributed by atoms with Crippen LogP contribution in [-0.4, -0.2) is 40.4 Å². The van der Waals surface area contributed by atoms with E-state index in [1.807, 2.05) is 4.90 Å². The summed E-state index contributed by atoms with van der Waals surface area (Å²) < 4.78 is 0. The van der Waals surface area contributed by atoms with Gasteiger partial charge in [-0.1, -0.05) is 6.92 Å². The van der Waals surface area contributed by atoms with E-state index in [2.05, 4.69) is 22.2 Å². The zero-order valence-electron chi connectivity index (χ0n) is 10.3. The number of nitrogens with one attached hydrogen (secondary N) is 1. The molecule has 92 valence electrons. The number of anilines is 1. The summed E-state index contributed by atoms with van der Waals surface area (Å²) in [6.45, 7) is 2.96. The Kier molecular flexibility index (Phi) is 3.56. The molecular formula is C12H18N4O. The molecule has 0 saturated carbocycles. The third-order valence-electron chi connectivity index (χ3n) is 3.24. The van der Waals surface area contributed by atoms with Gasteiger partial charge in [-0.15, -0.1) is 0 Å². The van der Waals surface area contributed by atoms with Crippen LogP contribution in [0.25, 0.3) is 0 Å². The average Bonchev–Trinajstić information content (AvgIpc) is 2.86. The molecule has 0 radical (unpaired) electrons. The zero-order valence-corrected chi connectivity index (χ0v) is 10.3. The van der Waals surface area contributed by atoms with Gasteiger partial charge in [-0.3, -0.25) is 4.79 Å². The lowest BCUT2D eigenvalue weighted by Gasteiger charge is -2.22. The molecular weight excluding hydrogens is 216 g/mol. The monoisotopic (exact) mass is 234 g/mol. The number of carbonyl (C=O) groups excluding carboxylic acids is 1. The standard InChI is InChI=1S/C12H18N4O/c1-3-9-5-4-6-16(9)12(17)10-7-15-11(13-2)8-14-10/h7-9H,3-6H2,1-2H3,(H,13,15). The number of rotatable bonds is 3. The lowest BCUT2D eigenvalue weighted by atomic mass is 10.1. The average molecular weight is 234 g/mol. The van der Waals surface area contributed by atoms with Gasteiger partial charge in [0.25, 0.3) is 5.91 Å². The van der Waals surface area contributed by atoms with E-state index in [0.717, 1.165) is 25.8 Å². The van der Waals surface area contributed by atoms with Gasteiger partial charge < -0.3 is 10.2 Å². The first-order valence-electron chi connectivity index (χ1n) is 6.07. The molecule has 1 saturated heterocycles. The molecule has 1 aliphatic heterocycles. The molecule has 1 fully saturated rings. The van der Waals surface area contributed by atoms with Crippen molar-refractivity contribution in [2.24, 2.45) is 0 Å². The molecule has 0 aromatic carbocycles. The van der Waals surface area contributed by atoms with Gasteiger partial charge in [-0.25, -0.2) is 9.97 Å². The Morgan fingerprint density at radius 2 is 2.35 bits per heavy atom. The minimum Gasteiger partial charge on any atom is -0.372 e. The summed E-state index contributed by atoms with van der Waals surface area (Å²) in [5, 5.41) is 2.88. The normalized spacial score (nSPS) is 19.4. The Balaban J connectivity index is 2.13. The molecule has 2 heterocycles. The van der Waals surface area contributed by atoms with E-state index in [4.69, 9.17) is 0 Å². The Hall–Kier alpha value is -1.65. The largest absolute Gasteiger partial charge is 0.372 e. The SMILES string of the molecule is CCC1CCCN1C(=O)c1cnc(NC)cn1. The number of carbonyl (C=O) groups is 1. The maximum Gasteiger partial charge on any atom is 0.274 e. The van der Waals surface area contributed by atoms with E-state index < -0.39 is 0 Å². The van der Waals surface area contributed by atoms with E-state index in [9.17, 15) is 4.79 Å². The van der Waals surface area contributed by atoms with Gasteiger partial charge in [0.15, 0.2) is 0 Å². The third-order valence-corrected chi connectivity index (χ3v) is 3.24. The smallest absolute Gasteiger partial charge is 0.274 e. The predicted molar refractivity (Wildman–Crippen MR) is 65.9 cm³/mol. The molecule has 0 aliphatic carbocycles. The van der Waals surface area contributed by atoms with Crippen molar-refractivity contribution in [2.45, 2.75) is 32.2 Å². The molecule has 5 nitrogen and oxygen atoms in total. The van der Waals surface area contributed by atoms with Gasteiger partial charge in [0, 0.05) is 19.6 Å². The van der Waals surface area contributed by atoms with Crippen LogP contribution in [0.2, 0.25) is 0 Å². The van der Waals surface area contributed by atoms with Gasteiger partial charge in [0.2, 0.25) is 0 Å². The van der Waals surface area contributed by atoms with E-state index >= 15 is 0 Å². The second kappa shape index (κ2) is 5.12. The number of amides is 1. The van der Waals surface area contributed by atoms with Crippen LogP contribution in [0.15, 0.2) is 12.4 Å². The lowest BCUT2D eigenvalue weighted by Crippen LogP contribution is -2.35. The molecule has 2 rings (SSSR count). The highest BCUT2D eigenvalue weighted by molar-refractivity contribution is 5.92. The molecule has 0 bridgehead atoms. The molecule has 1 unspecified atom stereocenters. The molecule has 1 aromatic rings. The van der Waals surface area contributed by atoms with Gasteiger partial charge in [0.1, 0.15) is 11.5 Å². The fourth-order valence-electron chi connectivity index (χ4n) is 2.24. The first-order chi connectivity index (χ1) is 8.26. The van der Waals surface area contributed by atoms with Gasteiger partial charge >= 0.3 is 0 Å². The number of hydrogen-bond acceptors (Lipinski definition) is 4. The quantitative estimate of drug-likeness (QED) is 0.861. The minimum atomic E-state index is 0.00417. The summed E-state index contributed by atoms with van der Waals surface area (Å²) in [6.07, 6.45) is 6.33. The van der Waals surface area contributed by atoms with Crippen LogP contribution in [0, 0.1) is 0 Å². The minimum absolute atomic E-state index is 0.00417. The number of nitrogens with zero attached hydrogens (tertiary/aromatic N) is 3. The van der Waals surface area contributed by atoms with Crippen LogP contribution in [0.1, 0.15) is 36.7 Å². The Bertz CT molecular complexity index is 390. The van der Waals surface area contributed by atoms with Crippen molar-refractivity contribution in [2.75, 3.05) is 18.9 Å². The second-order valence-corrected chi connectivity index (χ2v) is 4.24. The van der Waals surface area contributed by atoms with E-state index in [1.165, 1.54) is 0 Å². The van der Waals surface area contributed by atoms with Crippen molar-refractivity contribution in [3.05, 3.63) is 18.1 Å². The zero-order chi connectivity index (χ0) is 12.3. The van der Waals surface area contributed by atoms with Crippen molar-refractivity contribution in [3.63, 3.8) is 0 Å². The van der Waals surface area contributed by atoms with Crippen molar-refractivity contribution in [1.82, 2.24) is 14.9 Å².